The molecule has 1 aliphatic heterocycles. The molecule has 0 aromatic rings. The van der Waals surface area contributed by atoms with Crippen LogP contribution in [0.2, 0.25) is 0 Å². The van der Waals surface area contributed by atoms with Crippen LogP contribution in [0.5, 0.6) is 0 Å². The van der Waals surface area contributed by atoms with Crippen molar-refractivity contribution in [2.24, 2.45) is 0 Å². The van der Waals surface area contributed by atoms with Crippen molar-refractivity contribution in [3.8, 4) is 0 Å². The van der Waals surface area contributed by atoms with Gasteiger partial charge in [-0.3, -0.25) is 4.79 Å². The van der Waals surface area contributed by atoms with Crippen LogP contribution in [0.4, 0.5) is 0 Å². The molecule has 1 aliphatic rings. The van der Waals surface area contributed by atoms with E-state index >= 15 is 0 Å². The normalized spacial score (nSPS) is 21.1. The van der Waals surface area contributed by atoms with Crippen LogP contribution < -0.4 is 10.6 Å². The van der Waals surface area contributed by atoms with Gasteiger partial charge in [-0.25, -0.2) is 0 Å². The Bertz CT molecular complexity index is 165. The van der Waals surface area contributed by atoms with Gasteiger partial charge in [-0.2, -0.15) is 0 Å². The predicted molar refractivity (Wildman–Crippen MR) is 58.2 cm³/mol. The third-order valence-corrected chi connectivity index (χ3v) is 2.71. The van der Waals surface area contributed by atoms with E-state index in [9.17, 15) is 4.79 Å². The van der Waals surface area contributed by atoms with Crippen molar-refractivity contribution < 1.29 is 4.79 Å². The number of carbonyl (C=O) groups is 1. The Hall–Kier alpha value is -0.570. The maximum atomic E-state index is 11.5. The third-order valence-electron chi connectivity index (χ3n) is 2.71. The highest BCUT2D eigenvalue weighted by Gasteiger charge is 2.20. The average molecular weight is 198 g/mol. The minimum absolute atomic E-state index is 0.0844. The highest BCUT2D eigenvalue weighted by molar-refractivity contribution is 5.81. The summed E-state index contributed by atoms with van der Waals surface area (Å²) in [5.74, 6) is 0.194. The monoisotopic (exact) mass is 198 g/mol. The lowest BCUT2D eigenvalue weighted by atomic mass is 10.2. The molecule has 1 atom stereocenters. The highest BCUT2D eigenvalue weighted by atomic mass is 16.2. The Morgan fingerprint density at radius 2 is 2.29 bits per heavy atom. The fourth-order valence-corrected chi connectivity index (χ4v) is 1.79. The first-order valence-corrected chi connectivity index (χ1v) is 5.85. The highest BCUT2D eigenvalue weighted by Crippen LogP contribution is 2.04. The maximum Gasteiger partial charge on any atom is 0.237 e. The molecule has 0 bridgehead atoms. The third kappa shape index (κ3) is 4.09. The topological polar surface area (TPSA) is 41.1 Å². The molecule has 0 spiro atoms. The molecule has 3 heteroatoms. The van der Waals surface area contributed by atoms with Crippen LogP contribution in [-0.4, -0.2) is 25.0 Å². The van der Waals surface area contributed by atoms with E-state index in [1.165, 1.54) is 19.3 Å². The zero-order valence-electron chi connectivity index (χ0n) is 9.14. The second-order valence-electron chi connectivity index (χ2n) is 4.00. The van der Waals surface area contributed by atoms with E-state index in [4.69, 9.17) is 0 Å². The maximum absolute atomic E-state index is 11.5. The van der Waals surface area contributed by atoms with E-state index in [-0.39, 0.29) is 11.9 Å². The number of amides is 1. The summed E-state index contributed by atoms with van der Waals surface area (Å²) in [5, 5.41) is 6.18. The molecule has 0 unspecified atom stereocenters. The summed E-state index contributed by atoms with van der Waals surface area (Å²) in [6, 6.07) is 0.0844. The minimum atomic E-state index is 0.0844. The van der Waals surface area contributed by atoms with Crippen molar-refractivity contribution in [2.75, 3.05) is 13.1 Å². The van der Waals surface area contributed by atoms with Crippen molar-refractivity contribution in [2.45, 2.75) is 51.5 Å². The molecule has 1 rings (SSSR count). The molecule has 3 nitrogen and oxygen atoms in total. The SMILES string of the molecule is CCCCCCNC(=O)[C@@H]1CCCN1. The zero-order valence-corrected chi connectivity index (χ0v) is 9.14. The summed E-state index contributed by atoms with van der Waals surface area (Å²) in [4.78, 5) is 11.5. The largest absolute Gasteiger partial charge is 0.355 e. The molecule has 82 valence electrons. The van der Waals surface area contributed by atoms with E-state index < -0.39 is 0 Å². The Labute approximate surface area is 86.6 Å². The standard InChI is InChI=1S/C11H22N2O/c1-2-3-4-5-8-13-11(14)10-7-6-9-12-10/h10,12H,2-9H2,1H3,(H,13,14)/t10-/m0/s1. The van der Waals surface area contributed by atoms with Gasteiger partial charge in [-0.1, -0.05) is 26.2 Å². The molecule has 0 aliphatic carbocycles. The van der Waals surface area contributed by atoms with Gasteiger partial charge in [0.15, 0.2) is 0 Å². The molecule has 0 radical (unpaired) electrons. The molecule has 1 heterocycles. The second kappa shape index (κ2) is 6.82. The van der Waals surface area contributed by atoms with Crippen molar-refractivity contribution in [3.63, 3.8) is 0 Å². The predicted octanol–water partition coefficient (Wildman–Crippen LogP) is 1.43. The number of hydrogen-bond acceptors (Lipinski definition) is 2. The molecule has 0 aromatic heterocycles. The summed E-state index contributed by atoms with van der Waals surface area (Å²) in [6.45, 7) is 4.03. The van der Waals surface area contributed by atoms with E-state index in [0.717, 1.165) is 32.4 Å². The van der Waals surface area contributed by atoms with Crippen LogP contribution >= 0.6 is 0 Å². The number of nitrogens with one attached hydrogen (secondary N) is 2. The van der Waals surface area contributed by atoms with Gasteiger partial charge in [0.05, 0.1) is 6.04 Å². The van der Waals surface area contributed by atoms with E-state index in [1.54, 1.807) is 0 Å². The van der Waals surface area contributed by atoms with Gasteiger partial charge < -0.3 is 10.6 Å². The van der Waals surface area contributed by atoms with Crippen molar-refractivity contribution >= 4 is 5.91 Å². The second-order valence-corrected chi connectivity index (χ2v) is 4.00. The van der Waals surface area contributed by atoms with Crippen LogP contribution in [0, 0.1) is 0 Å². The molecule has 0 aromatic carbocycles. The average Bonchev–Trinajstić information content (AvgIpc) is 2.70. The van der Waals surface area contributed by atoms with Crippen LogP contribution in [0.1, 0.15) is 45.4 Å². The minimum Gasteiger partial charge on any atom is -0.355 e. The zero-order chi connectivity index (χ0) is 10.2. The van der Waals surface area contributed by atoms with Crippen LogP contribution in [-0.2, 0) is 4.79 Å². The van der Waals surface area contributed by atoms with Crippen molar-refractivity contribution in [3.05, 3.63) is 0 Å². The molecule has 2 N–H and O–H groups in total. The fourth-order valence-electron chi connectivity index (χ4n) is 1.79. The van der Waals surface area contributed by atoms with Crippen molar-refractivity contribution in [1.29, 1.82) is 0 Å². The number of carbonyl (C=O) groups excluding carboxylic acids is 1. The molecule has 1 saturated heterocycles. The Morgan fingerprint density at radius 3 is 2.93 bits per heavy atom. The first kappa shape index (κ1) is 11.5. The Kier molecular flexibility index (Phi) is 5.60. The number of hydrogen-bond donors (Lipinski definition) is 2. The van der Waals surface area contributed by atoms with E-state index in [1.807, 2.05) is 0 Å². The van der Waals surface area contributed by atoms with Gasteiger partial charge in [0.1, 0.15) is 0 Å². The molecular weight excluding hydrogens is 176 g/mol. The lowest BCUT2D eigenvalue weighted by Crippen LogP contribution is -2.40. The summed E-state index contributed by atoms with van der Waals surface area (Å²) in [6.07, 6.45) is 7.01. The fraction of sp³-hybridized carbons (Fsp3) is 0.909. The molecular formula is C11H22N2O. The van der Waals surface area contributed by atoms with Gasteiger partial charge in [-0.05, 0) is 25.8 Å². The summed E-state index contributed by atoms with van der Waals surface area (Å²) < 4.78 is 0. The number of rotatable bonds is 6. The van der Waals surface area contributed by atoms with Gasteiger partial charge in [0.25, 0.3) is 0 Å². The molecule has 0 saturated carbocycles. The Morgan fingerprint density at radius 1 is 1.43 bits per heavy atom. The first-order chi connectivity index (χ1) is 6.84. The molecule has 14 heavy (non-hydrogen) atoms. The lowest BCUT2D eigenvalue weighted by Gasteiger charge is -2.10. The number of unbranched alkanes of at least 4 members (excludes halogenated alkanes) is 3. The smallest absolute Gasteiger partial charge is 0.237 e. The Balaban J connectivity index is 1.97. The van der Waals surface area contributed by atoms with Crippen LogP contribution in [0.3, 0.4) is 0 Å². The summed E-state index contributed by atoms with van der Waals surface area (Å²) >= 11 is 0. The van der Waals surface area contributed by atoms with Gasteiger partial charge in [-0.15, -0.1) is 0 Å². The summed E-state index contributed by atoms with van der Waals surface area (Å²) in [7, 11) is 0. The summed E-state index contributed by atoms with van der Waals surface area (Å²) in [5.41, 5.74) is 0. The quantitative estimate of drug-likeness (QED) is 0.634. The molecule has 1 amide bonds. The van der Waals surface area contributed by atoms with E-state index in [0.29, 0.717) is 0 Å². The van der Waals surface area contributed by atoms with Gasteiger partial charge in [0, 0.05) is 6.54 Å². The first-order valence-electron chi connectivity index (χ1n) is 5.85. The van der Waals surface area contributed by atoms with E-state index in [2.05, 4.69) is 17.6 Å². The van der Waals surface area contributed by atoms with Crippen LogP contribution in [0.25, 0.3) is 0 Å². The van der Waals surface area contributed by atoms with Gasteiger partial charge >= 0.3 is 0 Å². The lowest BCUT2D eigenvalue weighted by molar-refractivity contribution is -0.122. The van der Waals surface area contributed by atoms with Crippen LogP contribution in [0.15, 0.2) is 0 Å². The van der Waals surface area contributed by atoms with Crippen molar-refractivity contribution in [1.82, 2.24) is 10.6 Å². The van der Waals surface area contributed by atoms with Gasteiger partial charge in [0.2, 0.25) is 5.91 Å². The molecule has 1 fully saturated rings.